The summed E-state index contributed by atoms with van der Waals surface area (Å²) < 4.78 is 0. The molecule has 0 spiro atoms. The van der Waals surface area contributed by atoms with Crippen LogP contribution in [0.2, 0.25) is 5.02 Å². The number of hydrogen-bond acceptors (Lipinski definition) is 4. The van der Waals surface area contributed by atoms with Crippen LogP contribution >= 0.6 is 11.6 Å². The molecule has 0 aliphatic carbocycles. The first-order chi connectivity index (χ1) is 9.49. The van der Waals surface area contributed by atoms with Crippen molar-refractivity contribution in [3.63, 3.8) is 0 Å². The normalized spacial score (nSPS) is 34.1. The van der Waals surface area contributed by atoms with Gasteiger partial charge in [0.25, 0.3) is 0 Å². The van der Waals surface area contributed by atoms with Gasteiger partial charge in [-0.05, 0) is 43.9 Å². The van der Waals surface area contributed by atoms with Crippen LogP contribution in [0.1, 0.15) is 25.3 Å². The Balaban J connectivity index is 1.84. The van der Waals surface area contributed by atoms with E-state index in [0.717, 1.165) is 29.8 Å². The number of aliphatic hydroxyl groups is 3. The smallest absolute Gasteiger partial charge is 0.109 e. The highest BCUT2D eigenvalue weighted by atomic mass is 35.5. The van der Waals surface area contributed by atoms with Gasteiger partial charge >= 0.3 is 0 Å². The molecular weight excluding hydrogens is 278 g/mol. The summed E-state index contributed by atoms with van der Waals surface area (Å²) in [5, 5.41) is 33.3. The third-order valence-electron chi connectivity index (χ3n) is 3.97. The van der Waals surface area contributed by atoms with Crippen molar-refractivity contribution in [3.05, 3.63) is 34.9 Å². The number of benzene rings is 1. The van der Waals surface area contributed by atoms with Crippen LogP contribution in [0, 0.1) is 0 Å². The first-order valence-electron chi connectivity index (χ1n) is 7.03. The van der Waals surface area contributed by atoms with Crippen LogP contribution in [0.5, 0.6) is 0 Å². The van der Waals surface area contributed by atoms with Crippen LogP contribution in [-0.2, 0) is 6.42 Å². The van der Waals surface area contributed by atoms with Crippen LogP contribution in [-0.4, -0.2) is 45.7 Å². The molecule has 5 heteroatoms. The van der Waals surface area contributed by atoms with Crippen molar-refractivity contribution in [2.45, 2.75) is 56.6 Å². The van der Waals surface area contributed by atoms with E-state index in [2.05, 4.69) is 5.32 Å². The van der Waals surface area contributed by atoms with Crippen molar-refractivity contribution in [2.24, 2.45) is 0 Å². The zero-order valence-corrected chi connectivity index (χ0v) is 12.3. The number of aliphatic hydroxyl groups excluding tert-OH is 3. The molecule has 2 rings (SSSR count). The Bertz CT molecular complexity index is 443. The molecule has 1 aromatic carbocycles. The van der Waals surface area contributed by atoms with E-state index in [1.165, 1.54) is 0 Å². The maximum Gasteiger partial charge on any atom is 0.109 e. The SMILES string of the molecule is C[C@@H]1N[C@H](CCCc2cccc(Cl)c2)[C@@H](O)[C@H](O)[C@@H]1O. The topological polar surface area (TPSA) is 72.7 Å². The lowest BCUT2D eigenvalue weighted by Crippen LogP contribution is -2.63. The molecule has 1 saturated heterocycles. The second kappa shape index (κ2) is 6.87. The van der Waals surface area contributed by atoms with Gasteiger partial charge in [-0.3, -0.25) is 0 Å². The van der Waals surface area contributed by atoms with E-state index in [9.17, 15) is 15.3 Å². The van der Waals surface area contributed by atoms with Gasteiger partial charge in [0, 0.05) is 17.1 Å². The van der Waals surface area contributed by atoms with Gasteiger partial charge in [0.1, 0.15) is 6.10 Å². The van der Waals surface area contributed by atoms with E-state index in [-0.39, 0.29) is 12.1 Å². The Morgan fingerprint density at radius 3 is 2.60 bits per heavy atom. The summed E-state index contributed by atoms with van der Waals surface area (Å²) in [6.45, 7) is 1.81. The number of aryl methyl sites for hydroxylation is 1. The molecule has 1 aliphatic rings. The van der Waals surface area contributed by atoms with E-state index in [1.807, 2.05) is 31.2 Å². The summed E-state index contributed by atoms with van der Waals surface area (Å²) in [4.78, 5) is 0. The van der Waals surface area contributed by atoms with Gasteiger partial charge in [-0.25, -0.2) is 0 Å². The molecule has 0 amide bonds. The maximum absolute atomic E-state index is 9.97. The standard InChI is InChI=1S/C15H22ClNO3/c1-9-13(18)15(20)14(19)12(17-9)7-3-5-10-4-2-6-11(16)8-10/h2,4,6,8-9,12-15,17-20H,3,5,7H2,1H3/t9-,12+,13+,14+,15+/m0/s1. The minimum atomic E-state index is -1.08. The molecule has 20 heavy (non-hydrogen) atoms. The van der Waals surface area contributed by atoms with Crippen molar-refractivity contribution in [3.8, 4) is 0 Å². The lowest BCUT2D eigenvalue weighted by atomic mass is 9.88. The lowest BCUT2D eigenvalue weighted by molar-refractivity contribution is -0.111. The fourth-order valence-electron chi connectivity index (χ4n) is 2.74. The van der Waals surface area contributed by atoms with E-state index < -0.39 is 18.3 Å². The first kappa shape index (κ1) is 15.7. The third kappa shape index (κ3) is 3.71. The molecule has 5 atom stereocenters. The van der Waals surface area contributed by atoms with E-state index in [4.69, 9.17) is 11.6 Å². The predicted molar refractivity (Wildman–Crippen MR) is 78.8 cm³/mol. The highest BCUT2D eigenvalue weighted by Gasteiger charge is 2.39. The third-order valence-corrected chi connectivity index (χ3v) is 4.21. The quantitative estimate of drug-likeness (QED) is 0.672. The fourth-order valence-corrected chi connectivity index (χ4v) is 2.96. The second-order valence-corrected chi connectivity index (χ2v) is 5.99. The van der Waals surface area contributed by atoms with Crippen LogP contribution < -0.4 is 5.32 Å². The zero-order chi connectivity index (χ0) is 14.7. The Morgan fingerprint density at radius 2 is 1.90 bits per heavy atom. The van der Waals surface area contributed by atoms with E-state index >= 15 is 0 Å². The summed E-state index contributed by atoms with van der Waals surface area (Å²) >= 11 is 5.94. The summed E-state index contributed by atoms with van der Waals surface area (Å²) in [7, 11) is 0. The minimum absolute atomic E-state index is 0.192. The Morgan fingerprint density at radius 1 is 1.15 bits per heavy atom. The average Bonchev–Trinajstić information content (AvgIpc) is 2.42. The van der Waals surface area contributed by atoms with Gasteiger partial charge < -0.3 is 20.6 Å². The molecule has 4 nitrogen and oxygen atoms in total. The van der Waals surface area contributed by atoms with Crippen molar-refractivity contribution >= 4 is 11.6 Å². The molecule has 0 aromatic heterocycles. The second-order valence-electron chi connectivity index (χ2n) is 5.56. The van der Waals surface area contributed by atoms with Gasteiger partial charge in [-0.15, -0.1) is 0 Å². The molecule has 0 bridgehead atoms. The van der Waals surface area contributed by atoms with E-state index in [0.29, 0.717) is 0 Å². The lowest BCUT2D eigenvalue weighted by Gasteiger charge is -2.40. The highest BCUT2D eigenvalue weighted by Crippen LogP contribution is 2.20. The van der Waals surface area contributed by atoms with Gasteiger partial charge in [0.15, 0.2) is 0 Å². The molecular formula is C15H22ClNO3. The zero-order valence-electron chi connectivity index (χ0n) is 11.5. The number of nitrogens with one attached hydrogen (secondary N) is 1. The molecule has 1 aromatic rings. The van der Waals surface area contributed by atoms with Crippen LogP contribution in [0.15, 0.2) is 24.3 Å². The van der Waals surface area contributed by atoms with Gasteiger partial charge in [-0.2, -0.15) is 0 Å². The molecule has 0 unspecified atom stereocenters. The molecule has 1 aliphatic heterocycles. The molecule has 112 valence electrons. The van der Waals surface area contributed by atoms with Crippen LogP contribution in [0.4, 0.5) is 0 Å². The largest absolute Gasteiger partial charge is 0.389 e. The van der Waals surface area contributed by atoms with Crippen LogP contribution in [0.3, 0.4) is 0 Å². The predicted octanol–water partition coefficient (Wildman–Crippen LogP) is 1.11. The van der Waals surface area contributed by atoms with Gasteiger partial charge in [0.05, 0.1) is 12.2 Å². The number of piperidine rings is 1. The Labute approximate surface area is 124 Å². The van der Waals surface area contributed by atoms with Crippen molar-refractivity contribution in [1.82, 2.24) is 5.32 Å². The number of halogens is 1. The van der Waals surface area contributed by atoms with Crippen molar-refractivity contribution in [1.29, 1.82) is 0 Å². The summed E-state index contributed by atoms with van der Waals surface area (Å²) in [5.41, 5.74) is 1.16. The van der Waals surface area contributed by atoms with E-state index in [1.54, 1.807) is 0 Å². The number of hydrogen-bond donors (Lipinski definition) is 4. The molecule has 0 radical (unpaired) electrons. The highest BCUT2D eigenvalue weighted by molar-refractivity contribution is 6.30. The maximum atomic E-state index is 9.97. The number of rotatable bonds is 4. The monoisotopic (exact) mass is 299 g/mol. The molecule has 1 heterocycles. The van der Waals surface area contributed by atoms with Gasteiger partial charge in [-0.1, -0.05) is 23.7 Å². The van der Waals surface area contributed by atoms with Crippen LogP contribution in [0.25, 0.3) is 0 Å². The summed E-state index contributed by atoms with van der Waals surface area (Å²) in [6.07, 6.45) is -0.442. The van der Waals surface area contributed by atoms with Crippen molar-refractivity contribution in [2.75, 3.05) is 0 Å². The molecule has 1 fully saturated rings. The molecule has 0 saturated carbocycles. The first-order valence-corrected chi connectivity index (χ1v) is 7.41. The summed E-state index contributed by atoms with van der Waals surface area (Å²) in [5.74, 6) is 0. The summed E-state index contributed by atoms with van der Waals surface area (Å²) in [6, 6.07) is 7.32. The Hall–Kier alpha value is -0.650. The molecule has 4 N–H and O–H groups in total. The Kier molecular flexibility index (Phi) is 5.41. The average molecular weight is 300 g/mol. The van der Waals surface area contributed by atoms with Crippen molar-refractivity contribution < 1.29 is 15.3 Å². The van der Waals surface area contributed by atoms with Gasteiger partial charge in [0.2, 0.25) is 0 Å². The fraction of sp³-hybridized carbons (Fsp3) is 0.600. The minimum Gasteiger partial charge on any atom is -0.389 e.